The van der Waals surface area contributed by atoms with Gasteiger partial charge < -0.3 is 10.4 Å². The molecule has 0 radical (unpaired) electrons. The van der Waals surface area contributed by atoms with Crippen LogP contribution in [0.4, 0.5) is 13.2 Å². The van der Waals surface area contributed by atoms with Crippen LogP contribution in [0.25, 0.3) is 0 Å². The predicted octanol–water partition coefficient (Wildman–Crippen LogP) is 3.54. The Morgan fingerprint density at radius 2 is 1.86 bits per heavy atom. The zero-order chi connectivity index (χ0) is 15.3. The summed E-state index contributed by atoms with van der Waals surface area (Å²) in [5.74, 6) is 0. The topological polar surface area (TPSA) is 32.3 Å². The van der Waals surface area contributed by atoms with Crippen molar-refractivity contribution < 1.29 is 18.3 Å². The van der Waals surface area contributed by atoms with Crippen molar-refractivity contribution in [2.45, 2.75) is 24.7 Å². The van der Waals surface area contributed by atoms with E-state index in [2.05, 4.69) is 5.32 Å². The van der Waals surface area contributed by atoms with E-state index in [1.165, 1.54) is 11.3 Å². The van der Waals surface area contributed by atoms with Crippen LogP contribution in [0.2, 0.25) is 0 Å². The van der Waals surface area contributed by atoms with E-state index < -0.39 is 18.3 Å². The van der Waals surface area contributed by atoms with Crippen molar-refractivity contribution in [3.05, 3.63) is 58.3 Å². The molecule has 0 aliphatic carbocycles. The highest BCUT2D eigenvalue weighted by molar-refractivity contribution is 7.07. The lowest BCUT2D eigenvalue weighted by Gasteiger charge is -2.23. The van der Waals surface area contributed by atoms with Crippen LogP contribution in [0.3, 0.4) is 0 Å². The molecule has 0 unspecified atom stereocenters. The predicted molar refractivity (Wildman–Crippen MR) is 77.3 cm³/mol. The molecule has 114 valence electrons. The lowest BCUT2D eigenvalue weighted by molar-refractivity contribution is -0.156. The van der Waals surface area contributed by atoms with E-state index in [1.54, 1.807) is 47.2 Å². The quantitative estimate of drug-likeness (QED) is 0.854. The van der Waals surface area contributed by atoms with Gasteiger partial charge in [-0.05, 0) is 34.4 Å². The first-order valence-electron chi connectivity index (χ1n) is 6.51. The van der Waals surface area contributed by atoms with Gasteiger partial charge in [0.2, 0.25) is 0 Å². The van der Waals surface area contributed by atoms with Crippen LogP contribution in [0.1, 0.15) is 17.2 Å². The van der Waals surface area contributed by atoms with E-state index in [-0.39, 0.29) is 13.0 Å². The van der Waals surface area contributed by atoms with Crippen LogP contribution in [0.5, 0.6) is 0 Å². The molecule has 1 aromatic heterocycles. The maximum atomic E-state index is 13.1. The number of aliphatic hydroxyl groups excluding tert-OH is 1. The van der Waals surface area contributed by atoms with E-state index in [9.17, 15) is 18.3 Å². The third kappa shape index (κ3) is 4.84. The molecule has 0 bridgehead atoms. The SMILES string of the molecule is O[C@@H](CN[C@@H](Cc1ccccc1)C(F)(F)F)c1ccsc1. The van der Waals surface area contributed by atoms with Crippen molar-refractivity contribution in [1.29, 1.82) is 0 Å². The molecule has 1 aromatic carbocycles. The first-order chi connectivity index (χ1) is 9.97. The fourth-order valence-corrected chi connectivity index (χ4v) is 2.70. The van der Waals surface area contributed by atoms with Gasteiger partial charge in [-0.25, -0.2) is 0 Å². The highest BCUT2D eigenvalue weighted by atomic mass is 32.1. The Hall–Kier alpha value is -1.37. The number of rotatable bonds is 6. The first-order valence-corrected chi connectivity index (χ1v) is 7.45. The molecule has 0 amide bonds. The van der Waals surface area contributed by atoms with Gasteiger partial charge in [0.1, 0.15) is 6.04 Å². The third-order valence-corrected chi connectivity index (χ3v) is 3.86. The molecule has 6 heteroatoms. The zero-order valence-corrected chi connectivity index (χ0v) is 12.0. The second kappa shape index (κ2) is 7.06. The minimum atomic E-state index is -4.36. The van der Waals surface area contributed by atoms with E-state index in [1.807, 2.05) is 0 Å². The van der Waals surface area contributed by atoms with Gasteiger partial charge in [-0.3, -0.25) is 0 Å². The summed E-state index contributed by atoms with van der Waals surface area (Å²) in [5, 5.41) is 15.8. The monoisotopic (exact) mass is 315 g/mol. The smallest absolute Gasteiger partial charge is 0.387 e. The summed E-state index contributed by atoms with van der Waals surface area (Å²) in [6, 6.07) is 8.54. The van der Waals surface area contributed by atoms with Crippen molar-refractivity contribution in [3.8, 4) is 0 Å². The number of hydrogen-bond donors (Lipinski definition) is 2. The number of aliphatic hydroxyl groups is 1. The van der Waals surface area contributed by atoms with Crippen molar-refractivity contribution in [1.82, 2.24) is 5.32 Å². The Balaban J connectivity index is 1.97. The van der Waals surface area contributed by atoms with Gasteiger partial charge in [0.15, 0.2) is 0 Å². The third-order valence-electron chi connectivity index (χ3n) is 3.16. The van der Waals surface area contributed by atoms with E-state index in [0.29, 0.717) is 11.1 Å². The molecular weight excluding hydrogens is 299 g/mol. The molecule has 21 heavy (non-hydrogen) atoms. The molecular formula is C15H16F3NOS. The van der Waals surface area contributed by atoms with Crippen LogP contribution in [0.15, 0.2) is 47.2 Å². The van der Waals surface area contributed by atoms with Crippen LogP contribution < -0.4 is 5.32 Å². The Bertz CT molecular complexity index is 528. The van der Waals surface area contributed by atoms with Crippen LogP contribution in [-0.2, 0) is 6.42 Å². The molecule has 2 atom stereocenters. The van der Waals surface area contributed by atoms with Crippen molar-refractivity contribution in [2.24, 2.45) is 0 Å². The minimum absolute atomic E-state index is 0.131. The van der Waals surface area contributed by atoms with Crippen molar-refractivity contribution in [2.75, 3.05) is 6.54 Å². The maximum absolute atomic E-state index is 13.1. The first kappa shape index (κ1) is 16.0. The summed E-state index contributed by atoms with van der Waals surface area (Å²) >= 11 is 1.40. The van der Waals surface area contributed by atoms with Crippen LogP contribution >= 0.6 is 11.3 Å². The maximum Gasteiger partial charge on any atom is 0.404 e. The number of hydrogen-bond acceptors (Lipinski definition) is 3. The summed E-state index contributed by atoms with van der Waals surface area (Å²) in [7, 11) is 0. The summed E-state index contributed by atoms with van der Waals surface area (Å²) < 4.78 is 39.2. The molecule has 0 spiro atoms. The fourth-order valence-electron chi connectivity index (χ4n) is 1.99. The number of alkyl halides is 3. The summed E-state index contributed by atoms with van der Waals surface area (Å²) in [5.41, 5.74) is 1.24. The number of benzene rings is 1. The molecule has 0 saturated carbocycles. The highest BCUT2D eigenvalue weighted by Crippen LogP contribution is 2.24. The minimum Gasteiger partial charge on any atom is -0.387 e. The second-order valence-corrected chi connectivity index (χ2v) is 5.54. The average molecular weight is 315 g/mol. The molecule has 2 nitrogen and oxygen atoms in total. The van der Waals surface area contributed by atoms with Crippen LogP contribution in [0, 0.1) is 0 Å². The van der Waals surface area contributed by atoms with Gasteiger partial charge in [-0.15, -0.1) is 0 Å². The second-order valence-electron chi connectivity index (χ2n) is 4.76. The lowest BCUT2D eigenvalue weighted by atomic mass is 10.0. The van der Waals surface area contributed by atoms with E-state index >= 15 is 0 Å². The van der Waals surface area contributed by atoms with Gasteiger partial charge in [-0.2, -0.15) is 24.5 Å². The fraction of sp³-hybridized carbons (Fsp3) is 0.333. The number of thiophene rings is 1. The molecule has 2 aromatic rings. The van der Waals surface area contributed by atoms with E-state index in [0.717, 1.165) is 0 Å². The van der Waals surface area contributed by atoms with Gasteiger partial charge >= 0.3 is 6.18 Å². The van der Waals surface area contributed by atoms with Gasteiger partial charge in [-0.1, -0.05) is 30.3 Å². The zero-order valence-electron chi connectivity index (χ0n) is 11.2. The van der Waals surface area contributed by atoms with E-state index in [4.69, 9.17) is 0 Å². The molecule has 0 saturated heterocycles. The van der Waals surface area contributed by atoms with Crippen LogP contribution in [-0.4, -0.2) is 23.9 Å². The van der Waals surface area contributed by atoms with Gasteiger partial charge in [0.05, 0.1) is 6.10 Å². The molecule has 0 aliphatic heterocycles. The van der Waals surface area contributed by atoms with Crippen molar-refractivity contribution in [3.63, 3.8) is 0 Å². The van der Waals surface area contributed by atoms with Crippen molar-refractivity contribution >= 4 is 11.3 Å². The Kier molecular flexibility index (Phi) is 5.39. The molecule has 1 heterocycles. The summed E-state index contributed by atoms with van der Waals surface area (Å²) in [4.78, 5) is 0. The summed E-state index contributed by atoms with van der Waals surface area (Å²) in [6.45, 7) is -0.131. The number of nitrogens with one attached hydrogen (secondary N) is 1. The summed E-state index contributed by atoms with van der Waals surface area (Å²) in [6.07, 6.45) is -5.44. The largest absolute Gasteiger partial charge is 0.404 e. The van der Waals surface area contributed by atoms with Gasteiger partial charge in [0.25, 0.3) is 0 Å². The molecule has 2 N–H and O–H groups in total. The number of halogens is 3. The molecule has 0 fully saturated rings. The van der Waals surface area contributed by atoms with Gasteiger partial charge in [0, 0.05) is 6.54 Å². The lowest BCUT2D eigenvalue weighted by Crippen LogP contribution is -2.45. The Morgan fingerprint density at radius 1 is 1.14 bits per heavy atom. The Morgan fingerprint density at radius 3 is 2.43 bits per heavy atom. The average Bonchev–Trinajstić information content (AvgIpc) is 2.97. The Labute approximate surface area is 125 Å². The normalized spacial score (nSPS) is 14.9. The highest BCUT2D eigenvalue weighted by Gasteiger charge is 2.39. The molecule has 2 rings (SSSR count). The standard InChI is InChI=1S/C15H16F3NOS/c16-15(17,18)14(8-11-4-2-1-3-5-11)19-9-13(20)12-6-7-21-10-12/h1-7,10,13-14,19-20H,8-9H2/t13-,14-/m0/s1. The molecule has 0 aliphatic rings.